The maximum Gasteiger partial charge on any atom is 0.417 e. The first-order valence-electron chi connectivity index (χ1n) is 8.44. The van der Waals surface area contributed by atoms with Crippen LogP contribution in [0.2, 0.25) is 0 Å². The monoisotopic (exact) mass is 426 g/mol. The predicted octanol–water partition coefficient (Wildman–Crippen LogP) is 3.14. The predicted molar refractivity (Wildman–Crippen MR) is 98.1 cm³/mol. The van der Waals surface area contributed by atoms with Crippen LogP contribution in [-0.2, 0) is 22.1 Å². The molecule has 11 heteroatoms. The number of non-ortho nitro benzene ring substituents is 1. The molecule has 0 saturated carbocycles. The quantitative estimate of drug-likeness (QED) is 0.414. The van der Waals surface area contributed by atoms with E-state index in [-0.39, 0.29) is 23.4 Å². The molecule has 0 radical (unpaired) electrons. The van der Waals surface area contributed by atoms with E-state index in [0.717, 1.165) is 31.4 Å². The Balaban J connectivity index is 2.37. The van der Waals surface area contributed by atoms with Gasteiger partial charge in [0.1, 0.15) is 11.8 Å². The van der Waals surface area contributed by atoms with Gasteiger partial charge in [0.2, 0.25) is 0 Å². The second-order valence-corrected chi connectivity index (χ2v) is 6.05. The van der Waals surface area contributed by atoms with Gasteiger partial charge in [-0.1, -0.05) is 12.1 Å². The van der Waals surface area contributed by atoms with E-state index in [1.54, 1.807) is 0 Å². The van der Waals surface area contributed by atoms with Gasteiger partial charge >= 0.3 is 12.1 Å². The minimum atomic E-state index is -4.78. The van der Waals surface area contributed by atoms with Crippen molar-refractivity contribution < 1.29 is 37.2 Å². The van der Waals surface area contributed by atoms with Gasteiger partial charge in [-0.05, 0) is 18.2 Å². The number of nitrogens with one attached hydrogen (secondary N) is 1. The molecule has 0 unspecified atom stereocenters. The molecule has 160 valence electrons. The average molecular weight is 426 g/mol. The zero-order valence-electron chi connectivity index (χ0n) is 15.9. The van der Waals surface area contributed by atoms with Crippen LogP contribution in [-0.4, -0.2) is 37.1 Å². The number of alkyl halides is 3. The fourth-order valence-corrected chi connectivity index (χ4v) is 2.76. The standard InChI is InChI=1S/C19H17F3N2O6/c1-29-16-8-7-12(24(27)28)9-11(16)10-15(18(26)30-2)23-17(25)13-5-3-4-6-14(13)19(20,21)22/h3-9,15H,10H2,1-2H3,(H,23,25)/t15-/m0/s1. The van der Waals surface area contributed by atoms with Gasteiger partial charge in [-0.3, -0.25) is 14.9 Å². The Kier molecular flexibility index (Phi) is 6.98. The normalized spacial score (nSPS) is 12.0. The molecular weight excluding hydrogens is 409 g/mol. The van der Waals surface area contributed by atoms with Crippen LogP contribution in [0.1, 0.15) is 21.5 Å². The van der Waals surface area contributed by atoms with E-state index in [1.807, 2.05) is 0 Å². The summed E-state index contributed by atoms with van der Waals surface area (Å²) in [5, 5.41) is 13.2. The van der Waals surface area contributed by atoms with Gasteiger partial charge in [-0.25, -0.2) is 4.79 Å². The zero-order valence-corrected chi connectivity index (χ0v) is 15.9. The number of nitro groups is 1. The average Bonchev–Trinajstić information content (AvgIpc) is 2.71. The highest BCUT2D eigenvalue weighted by atomic mass is 19.4. The number of esters is 1. The molecule has 8 nitrogen and oxygen atoms in total. The molecule has 2 rings (SSSR count). The maximum atomic E-state index is 13.2. The van der Waals surface area contributed by atoms with Crippen LogP contribution in [0, 0.1) is 10.1 Å². The molecule has 0 spiro atoms. The van der Waals surface area contributed by atoms with Crippen LogP contribution >= 0.6 is 0 Å². The fraction of sp³-hybridized carbons (Fsp3) is 0.263. The lowest BCUT2D eigenvalue weighted by Gasteiger charge is -2.19. The van der Waals surface area contributed by atoms with Crippen molar-refractivity contribution in [2.75, 3.05) is 14.2 Å². The molecule has 0 aromatic heterocycles. The molecule has 0 aliphatic heterocycles. The molecule has 0 aliphatic rings. The lowest BCUT2D eigenvalue weighted by Crippen LogP contribution is -2.43. The summed E-state index contributed by atoms with van der Waals surface area (Å²) in [4.78, 5) is 35.0. The zero-order chi connectivity index (χ0) is 22.5. The molecule has 0 bridgehead atoms. The Morgan fingerprint density at radius 2 is 1.83 bits per heavy atom. The van der Waals surface area contributed by atoms with Crippen molar-refractivity contribution in [1.29, 1.82) is 0 Å². The number of methoxy groups -OCH3 is 2. The molecule has 2 aromatic rings. The molecule has 0 fully saturated rings. The Hall–Kier alpha value is -3.63. The minimum Gasteiger partial charge on any atom is -0.496 e. The van der Waals surface area contributed by atoms with Gasteiger partial charge in [0.05, 0.1) is 30.3 Å². The van der Waals surface area contributed by atoms with E-state index in [9.17, 15) is 32.9 Å². The van der Waals surface area contributed by atoms with E-state index >= 15 is 0 Å². The smallest absolute Gasteiger partial charge is 0.417 e. The second-order valence-electron chi connectivity index (χ2n) is 6.05. The van der Waals surface area contributed by atoms with E-state index < -0.39 is 40.1 Å². The number of hydrogen-bond acceptors (Lipinski definition) is 6. The largest absolute Gasteiger partial charge is 0.496 e. The number of halogens is 3. The topological polar surface area (TPSA) is 108 Å². The molecule has 30 heavy (non-hydrogen) atoms. The van der Waals surface area contributed by atoms with Crippen LogP contribution in [0.15, 0.2) is 42.5 Å². The van der Waals surface area contributed by atoms with Gasteiger partial charge in [0.15, 0.2) is 0 Å². The number of nitro benzene ring substituents is 1. The van der Waals surface area contributed by atoms with Gasteiger partial charge in [-0.2, -0.15) is 13.2 Å². The Morgan fingerprint density at radius 1 is 1.17 bits per heavy atom. The SMILES string of the molecule is COC(=O)[C@H](Cc1cc([N+](=O)[O-])ccc1OC)NC(=O)c1ccccc1C(F)(F)F. The molecule has 1 amide bonds. The highest BCUT2D eigenvalue weighted by Crippen LogP contribution is 2.32. The summed E-state index contributed by atoms with van der Waals surface area (Å²) >= 11 is 0. The molecule has 0 heterocycles. The Bertz CT molecular complexity index is 962. The molecule has 1 N–H and O–H groups in total. The van der Waals surface area contributed by atoms with E-state index in [1.165, 1.54) is 25.3 Å². The van der Waals surface area contributed by atoms with E-state index in [2.05, 4.69) is 10.1 Å². The molecule has 0 aliphatic carbocycles. The number of nitrogens with zero attached hydrogens (tertiary/aromatic N) is 1. The summed E-state index contributed by atoms with van der Waals surface area (Å²) in [5.41, 5.74) is -1.95. The van der Waals surface area contributed by atoms with Crippen molar-refractivity contribution in [3.05, 3.63) is 69.3 Å². The maximum absolute atomic E-state index is 13.2. The van der Waals surface area contributed by atoms with Gasteiger partial charge < -0.3 is 14.8 Å². The first-order valence-corrected chi connectivity index (χ1v) is 8.44. The molecule has 2 aromatic carbocycles. The highest BCUT2D eigenvalue weighted by Gasteiger charge is 2.36. The Labute approximate surface area is 168 Å². The van der Waals surface area contributed by atoms with Crippen molar-refractivity contribution in [3.8, 4) is 5.75 Å². The molecule has 1 atom stereocenters. The van der Waals surface area contributed by atoms with Crippen LogP contribution in [0.25, 0.3) is 0 Å². The van der Waals surface area contributed by atoms with Gasteiger partial charge in [0.25, 0.3) is 11.6 Å². The van der Waals surface area contributed by atoms with E-state index in [0.29, 0.717) is 0 Å². The summed E-state index contributed by atoms with van der Waals surface area (Å²) in [6.45, 7) is 0. The molecular formula is C19H17F3N2O6. The number of carbonyl (C=O) groups is 2. The van der Waals surface area contributed by atoms with Crippen molar-refractivity contribution in [3.63, 3.8) is 0 Å². The number of benzene rings is 2. The van der Waals surface area contributed by atoms with Crippen LogP contribution < -0.4 is 10.1 Å². The number of rotatable bonds is 7. The third-order valence-electron chi connectivity index (χ3n) is 4.17. The molecule has 0 saturated heterocycles. The number of carbonyl (C=O) groups excluding carboxylic acids is 2. The summed E-state index contributed by atoms with van der Waals surface area (Å²) in [6.07, 6.45) is -5.09. The Morgan fingerprint density at radius 3 is 2.40 bits per heavy atom. The number of amides is 1. The van der Waals surface area contributed by atoms with Crippen LogP contribution in [0.3, 0.4) is 0 Å². The van der Waals surface area contributed by atoms with Crippen molar-refractivity contribution >= 4 is 17.6 Å². The summed E-state index contributed by atoms with van der Waals surface area (Å²) in [5.74, 6) is -1.90. The first kappa shape index (κ1) is 22.7. The lowest BCUT2D eigenvalue weighted by molar-refractivity contribution is -0.384. The summed E-state index contributed by atoms with van der Waals surface area (Å²) in [6, 6.07) is 6.32. The van der Waals surface area contributed by atoms with E-state index in [4.69, 9.17) is 4.74 Å². The van der Waals surface area contributed by atoms with Crippen LogP contribution in [0.5, 0.6) is 5.75 Å². The number of ether oxygens (including phenoxy) is 2. The third kappa shape index (κ3) is 5.25. The highest BCUT2D eigenvalue weighted by molar-refractivity contribution is 5.98. The van der Waals surface area contributed by atoms with Crippen molar-refractivity contribution in [1.82, 2.24) is 5.32 Å². The van der Waals surface area contributed by atoms with Crippen molar-refractivity contribution in [2.45, 2.75) is 18.6 Å². The minimum absolute atomic E-state index is 0.187. The van der Waals surface area contributed by atoms with Crippen LogP contribution in [0.4, 0.5) is 18.9 Å². The number of hydrogen-bond donors (Lipinski definition) is 1. The first-order chi connectivity index (χ1) is 14.1. The summed E-state index contributed by atoms with van der Waals surface area (Å²) in [7, 11) is 2.34. The van der Waals surface area contributed by atoms with Gasteiger partial charge in [-0.15, -0.1) is 0 Å². The van der Waals surface area contributed by atoms with Crippen molar-refractivity contribution in [2.24, 2.45) is 0 Å². The summed E-state index contributed by atoms with van der Waals surface area (Å²) < 4.78 is 49.3. The second kappa shape index (κ2) is 9.25. The fourth-order valence-electron chi connectivity index (χ4n) is 2.76. The lowest BCUT2D eigenvalue weighted by atomic mass is 10.0. The third-order valence-corrected chi connectivity index (χ3v) is 4.17. The van der Waals surface area contributed by atoms with Gasteiger partial charge in [0, 0.05) is 24.1 Å².